The molecule has 0 radical (unpaired) electrons. The Labute approximate surface area is 176 Å². The first-order valence-corrected chi connectivity index (χ1v) is 11.0. The second-order valence-electron chi connectivity index (χ2n) is 9.07. The molecule has 2 aliphatic carbocycles. The highest BCUT2D eigenvalue weighted by atomic mass is 19.2. The highest BCUT2D eigenvalue weighted by molar-refractivity contribution is 5.65. The van der Waals surface area contributed by atoms with Crippen LogP contribution < -0.4 is 0 Å². The third-order valence-corrected chi connectivity index (χ3v) is 7.26. The summed E-state index contributed by atoms with van der Waals surface area (Å²) < 4.78 is 55.1. The van der Waals surface area contributed by atoms with Crippen LogP contribution in [0, 0.1) is 41.0 Å². The van der Waals surface area contributed by atoms with Crippen molar-refractivity contribution >= 4 is 0 Å². The molecule has 0 heterocycles. The Kier molecular flexibility index (Phi) is 6.31. The van der Waals surface area contributed by atoms with Crippen LogP contribution in [0.1, 0.15) is 62.8 Å². The topological polar surface area (TPSA) is 0 Å². The molecule has 4 rings (SSSR count). The molecule has 160 valence electrons. The summed E-state index contributed by atoms with van der Waals surface area (Å²) in [5.41, 5.74) is 1.05. The molecule has 0 nitrogen and oxygen atoms in total. The number of allylic oxidation sites excluding steroid dienone is 1. The molecule has 4 atom stereocenters. The van der Waals surface area contributed by atoms with Crippen molar-refractivity contribution in [1.82, 2.24) is 0 Å². The van der Waals surface area contributed by atoms with Gasteiger partial charge in [-0.25, -0.2) is 17.6 Å². The monoisotopic (exact) mass is 416 g/mol. The Hall–Kier alpha value is -2.10. The van der Waals surface area contributed by atoms with Gasteiger partial charge in [-0.3, -0.25) is 0 Å². The molecule has 2 saturated carbocycles. The molecular formula is C26H28F4. The maximum Gasteiger partial charge on any atom is 0.194 e. The van der Waals surface area contributed by atoms with Gasteiger partial charge in [-0.1, -0.05) is 24.6 Å². The SMILES string of the molecule is C=CCCC1CCC2CC(c3ccc(-c4cc(F)c(F)c(F)c4)c(F)c3)CCC2C1. The number of halogens is 4. The highest BCUT2D eigenvalue weighted by Gasteiger charge is 2.35. The lowest BCUT2D eigenvalue weighted by atomic mass is 9.63. The van der Waals surface area contributed by atoms with Gasteiger partial charge in [-0.15, -0.1) is 6.58 Å². The van der Waals surface area contributed by atoms with E-state index in [9.17, 15) is 17.6 Å². The molecule has 0 spiro atoms. The van der Waals surface area contributed by atoms with Gasteiger partial charge in [0.2, 0.25) is 0 Å². The molecule has 2 fully saturated rings. The zero-order chi connectivity index (χ0) is 21.3. The van der Waals surface area contributed by atoms with Crippen molar-refractivity contribution < 1.29 is 17.6 Å². The van der Waals surface area contributed by atoms with Crippen LogP contribution in [0.3, 0.4) is 0 Å². The Bertz CT molecular complexity index is 896. The van der Waals surface area contributed by atoms with Gasteiger partial charge in [-0.2, -0.15) is 0 Å². The molecule has 0 N–H and O–H groups in total. The fourth-order valence-electron chi connectivity index (χ4n) is 5.64. The smallest absolute Gasteiger partial charge is 0.194 e. The second kappa shape index (κ2) is 8.95. The van der Waals surface area contributed by atoms with Gasteiger partial charge in [0.15, 0.2) is 17.5 Å². The molecule has 0 amide bonds. The van der Waals surface area contributed by atoms with E-state index in [1.54, 1.807) is 6.07 Å². The summed E-state index contributed by atoms with van der Waals surface area (Å²) in [6.45, 7) is 3.83. The van der Waals surface area contributed by atoms with Crippen molar-refractivity contribution in [3.8, 4) is 11.1 Å². The number of hydrogen-bond acceptors (Lipinski definition) is 0. The van der Waals surface area contributed by atoms with E-state index >= 15 is 0 Å². The van der Waals surface area contributed by atoms with Crippen LogP contribution in [0.15, 0.2) is 43.0 Å². The predicted octanol–water partition coefficient (Wildman–Crippen LogP) is 8.18. The van der Waals surface area contributed by atoms with Crippen LogP contribution in [0.4, 0.5) is 17.6 Å². The highest BCUT2D eigenvalue weighted by Crippen LogP contribution is 2.48. The fourth-order valence-corrected chi connectivity index (χ4v) is 5.64. The molecule has 30 heavy (non-hydrogen) atoms. The van der Waals surface area contributed by atoms with Crippen molar-refractivity contribution in [2.24, 2.45) is 17.8 Å². The summed E-state index contributed by atoms with van der Waals surface area (Å²) in [5.74, 6) is -2.06. The average Bonchev–Trinajstić information content (AvgIpc) is 2.75. The van der Waals surface area contributed by atoms with E-state index in [0.717, 1.165) is 48.8 Å². The van der Waals surface area contributed by atoms with Crippen molar-refractivity contribution in [1.29, 1.82) is 0 Å². The van der Waals surface area contributed by atoms with Gasteiger partial charge in [-0.05, 0) is 97.9 Å². The third-order valence-electron chi connectivity index (χ3n) is 7.26. The van der Waals surface area contributed by atoms with Gasteiger partial charge in [0.05, 0.1) is 0 Å². The van der Waals surface area contributed by atoms with E-state index in [-0.39, 0.29) is 11.1 Å². The summed E-state index contributed by atoms with van der Waals surface area (Å²) in [6.07, 6.45) is 11.5. The molecule has 2 aromatic carbocycles. The molecule has 2 aliphatic rings. The summed E-state index contributed by atoms with van der Waals surface area (Å²) in [5, 5.41) is 0. The Morgan fingerprint density at radius 2 is 1.53 bits per heavy atom. The lowest BCUT2D eigenvalue weighted by molar-refractivity contribution is 0.115. The van der Waals surface area contributed by atoms with E-state index in [2.05, 4.69) is 6.58 Å². The van der Waals surface area contributed by atoms with Crippen LogP contribution in [0.2, 0.25) is 0 Å². The maximum absolute atomic E-state index is 14.8. The Morgan fingerprint density at radius 1 is 0.833 bits per heavy atom. The average molecular weight is 417 g/mol. The van der Waals surface area contributed by atoms with Gasteiger partial charge in [0.25, 0.3) is 0 Å². The lowest BCUT2D eigenvalue weighted by Crippen LogP contribution is -2.30. The summed E-state index contributed by atoms with van der Waals surface area (Å²) in [4.78, 5) is 0. The van der Waals surface area contributed by atoms with Crippen LogP contribution in [0.25, 0.3) is 11.1 Å². The van der Waals surface area contributed by atoms with Crippen LogP contribution in [-0.4, -0.2) is 0 Å². The number of hydrogen-bond donors (Lipinski definition) is 0. The number of fused-ring (bicyclic) bond motifs is 1. The molecule has 2 aromatic rings. The second-order valence-corrected chi connectivity index (χ2v) is 9.07. The van der Waals surface area contributed by atoms with Gasteiger partial charge in [0, 0.05) is 5.56 Å². The molecule has 0 aromatic heterocycles. The first-order valence-electron chi connectivity index (χ1n) is 11.0. The molecular weight excluding hydrogens is 388 g/mol. The molecule has 0 saturated heterocycles. The number of rotatable bonds is 5. The number of benzene rings is 2. The minimum absolute atomic E-state index is 0.0111. The van der Waals surface area contributed by atoms with Crippen LogP contribution >= 0.6 is 0 Å². The van der Waals surface area contributed by atoms with Gasteiger partial charge < -0.3 is 0 Å². The van der Waals surface area contributed by atoms with Crippen molar-refractivity contribution in [2.75, 3.05) is 0 Å². The quantitative estimate of drug-likeness (QED) is 0.262. The standard InChI is InChI=1S/C26H28F4/c1-2-3-4-16-5-6-18-12-19(8-7-17(18)11-16)20-9-10-22(23(27)13-20)21-14-24(28)26(30)25(29)15-21/h2,9-10,13-19H,1,3-8,11-12H2. The van der Waals surface area contributed by atoms with Crippen molar-refractivity contribution in [3.05, 3.63) is 71.8 Å². The summed E-state index contributed by atoms with van der Waals surface area (Å²) in [6, 6.07) is 6.60. The Balaban J connectivity index is 1.46. The lowest BCUT2D eigenvalue weighted by Gasteiger charge is -2.42. The first-order chi connectivity index (χ1) is 14.5. The molecule has 0 bridgehead atoms. The molecule has 4 unspecified atom stereocenters. The minimum Gasteiger partial charge on any atom is -0.206 e. The van der Waals surface area contributed by atoms with Crippen LogP contribution in [0.5, 0.6) is 0 Å². The van der Waals surface area contributed by atoms with E-state index in [1.165, 1.54) is 38.2 Å². The first kappa shape index (κ1) is 21.1. The normalized spacial score (nSPS) is 26.3. The third kappa shape index (κ3) is 4.33. The van der Waals surface area contributed by atoms with Gasteiger partial charge in [0.1, 0.15) is 5.82 Å². The molecule has 4 heteroatoms. The summed E-state index contributed by atoms with van der Waals surface area (Å²) >= 11 is 0. The summed E-state index contributed by atoms with van der Waals surface area (Å²) in [7, 11) is 0. The van der Waals surface area contributed by atoms with Crippen LogP contribution in [-0.2, 0) is 0 Å². The zero-order valence-corrected chi connectivity index (χ0v) is 17.1. The van der Waals surface area contributed by atoms with E-state index in [4.69, 9.17) is 0 Å². The van der Waals surface area contributed by atoms with E-state index in [1.807, 2.05) is 12.1 Å². The zero-order valence-electron chi connectivity index (χ0n) is 17.1. The minimum atomic E-state index is -1.54. The van der Waals surface area contributed by atoms with E-state index in [0.29, 0.717) is 11.8 Å². The fraction of sp³-hybridized carbons (Fsp3) is 0.462. The largest absolute Gasteiger partial charge is 0.206 e. The van der Waals surface area contributed by atoms with Crippen molar-refractivity contribution in [2.45, 2.75) is 57.3 Å². The Morgan fingerprint density at radius 3 is 2.23 bits per heavy atom. The van der Waals surface area contributed by atoms with Gasteiger partial charge >= 0.3 is 0 Å². The van der Waals surface area contributed by atoms with Crippen molar-refractivity contribution in [3.63, 3.8) is 0 Å². The predicted molar refractivity (Wildman–Crippen MR) is 112 cm³/mol. The van der Waals surface area contributed by atoms with E-state index < -0.39 is 23.3 Å². The maximum atomic E-state index is 14.8. The molecule has 0 aliphatic heterocycles.